The number of hydrogen-bond acceptors (Lipinski definition) is 4. The molecule has 1 spiro atoms. The molecule has 2 aliphatic rings. The molecule has 1 atom stereocenters. The fraction of sp³-hybridized carbons (Fsp3) is 0.875. The van der Waals surface area contributed by atoms with Crippen LogP contribution in [0.3, 0.4) is 0 Å². The van der Waals surface area contributed by atoms with Crippen LogP contribution in [0.1, 0.15) is 13.3 Å². The number of aliphatic imine (C=N–C) groups is 1. The van der Waals surface area contributed by atoms with Crippen LogP contribution in [0.5, 0.6) is 0 Å². The smallest absolute Gasteiger partial charge is 0.191 e. The molecule has 0 aromatic heterocycles. The molecular formula is C8H15N3S. The Morgan fingerprint density at radius 2 is 2.58 bits per heavy atom. The van der Waals surface area contributed by atoms with Crippen molar-refractivity contribution < 1.29 is 0 Å². The van der Waals surface area contributed by atoms with Gasteiger partial charge in [0.15, 0.2) is 5.96 Å². The van der Waals surface area contributed by atoms with Crippen LogP contribution in [0.2, 0.25) is 0 Å². The number of thioether (sulfide) groups is 1. The minimum atomic E-state index is 0.295. The molecule has 4 heteroatoms. The lowest BCUT2D eigenvalue weighted by molar-refractivity contribution is 0.239. The Morgan fingerprint density at radius 1 is 1.75 bits per heavy atom. The van der Waals surface area contributed by atoms with Gasteiger partial charge >= 0.3 is 0 Å². The van der Waals surface area contributed by atoms with Crippen molar-refractivity contribution >= 4 is 17.7 Å². The summed E-state index contributed by atoms with van der Waals surface area (Å²) in [5.74, 6) is 3.21. The number of nitrogens with zero attached hydrogens (tertiary/aromatic N) is 2. The molecule has 2 rings (SSSR count). The zero-order valence-corrected chi connectivity index (χ0v) is 8.23. The summed E-state index contributed by atoms with van der Waals surface area (Å²) in [4.78, 5) is 6.60. The van der Waals surface area contributed by atoms with Gasteiger partial charge in [-0.2, -0.15) is 11.8 Å². The quantitative estimate of drug-likeness (QED) is 0.647. The van der Waals surface area contributed by atoms with E-state index < -0.39 is 0 Å². The molecule has 2 N–H and O–H groups in total. The molecule has 2 aliphatic heterocycles. The third-order valence-corrected chi connectivity index (χ3v) is 4.02. The van der Waals surface area contributed by atoms with E-state index in [0.717, 1.165) is 19.0 Å². The highest BCUT2D eigenvalue weighted by Gasteiger charge is 2.43. The molecule has 0 aromatic rings. The average Bonchev–Trinajstić information content (AvgIpc) is 2.63. The van der Waals surface area contributed by atoms with Crippen LogP contribution in [0.15, 0.2) is 4.99 Å². The summed E-state index contributed by atoms with van der Waals surface area (Å²) < 4.78 is 0. The third-order valence-electron chi connectivity index (χ3n) is 2.78. The maximum Gasteiger partial charge on any atom is 0.191 e. The summed E-state index contributed by atoms with van der Waals surface area (Å²) in [7, 11) is 0. The summed E-state index contributed by atoms with van der Waals surface area (Å²) in [6.07, 6.45) is 1.25. The second-order valence-electron chi connectivity index (χ2n) is 3.45. The van der Waals surface area contributed by atoms with Gasteiger partial charge in [-0.25, -0.2) is 0 Å². The zero-order chi connectivity index (χ0) is 8.60. The van der Waals surface area contributed by atoms with E-state index in [-0.39, 0.29) is 0 Å². The van der Waals surface area contributed by atoms with Crippen molar-refractivity contribution in [2.45, 2.75) is 18.9 Å². The van der Waals surface area contributed by atoms with Crippen LogP contribution >= 0.6 is 11.8 Å². The minimum absolute atomic E-state index is 0.295. The number of nitrogens with two attached hydrogens (primary N) is 1. The normalized spacial score (nSPS) is 34.8. The predicted molar refractivity (Wildman–Crippen MR) is 53.5 cm³/mol. The monoisotopic (exact) mass is 185 g/mol. The summed E-state index contributed by atoms with van der Waals surface area (Å²) in [6.45, 7) is 4.06. The Labute approximate surface area is 77.4 Å². The Morgan fingerprint density at radius 3 is 3.17 bits per heavy atom. The first-order valence-corrected chi connectivity index (χ1v) is 5.59. The van der Waals surface area contributed by atoms with Gasteiger partial charge < -0.3 is 10.6 Å². The van der Waals surface area contributed by atoms with Gasteiger partial charge in [0.1, 0.15) is 0 Å². The van der Waals surface area contributed by atoms with Gasteiger partial charge in [0, 0.05) is 12.3 Å². The number of guanidine groups is 1. The molecular weight excluding hydrogens is 170 g/mol. The van der Waals surface area contributed by atoms with Gasteiger partial charge in [0.05, 0.1) is 12.1 Å². The van der Waals surface area contributed by atoms with Gasteiger partial charge in [0.2, 0.25) is 0 Å². The van der Waals surface area contributed by atoms with E-state index in [2.05, 4.69) is 16.8 Å². The molecule has 1 saturated heterocycles. The Hall–Kier alpha value is -0.380. The van der Waals surface area contributed by atoms with Gasteiger partial charge in [-0.05, 0) is 19.1 Å². The topological polar surface area (TPSA) is 41.6 Å². The van der Waals surface area contributed by atoms with Crippen LogP contribution in [0, 0.1) is 0 Å². The highest BCUT2D eigenvalue weighted by Crippen LogP contribution is 2.36. The second kappa shape index (κ2) is 2.83. The van der Waals surface area contributed by atoms with Gasteiger partial charge in [0.25, 0.3) is 0 Å². The molecule has 0 aliphatic carbocycles. The number of rotatable bonds is 1. The summed E-state index contributed by atoms with van der Waals surface area (Å²) in [5, 5.41) is 0. The molecule has 0 radical (unpaired) electrons. The van der Waals surface area contributed by atoms with Crippen LogP contribution < -0.4 is 5.73 Å². The molecule has 12 heavy (non-hydrogen) atoms. The van der Waals surface area contributed by atoms with Crippen molar-refractivity contribution in [2.24, 2.45) is 10.7 Å². The van der Waals surface area contributed by atoms with Crippen LogP contribution in [0.25, 0.3) is 0 Å². The van der Waals surface area contributed by atoms with Crippen LogP contribution in [-0.2, 0) is 0 Å². The number of hydrogen-bond donors (Lipinski definition) is 1. The predicted octanol–water partition coefficient (Wildman–Crippen LogP) is 0.512. The molecule has 1 unspecified atom stereocenters. The SMILES string of the molecule is CCN1C(N)=NCC12CCSC2. The average molecular weight is 185 g/mol. The zero-order valence-electron chi connectivity index (χ0n) is 7.42. The first-order chi connectivity index (χ1) is 5.78. The maximum absolute atomic E-state index is 5.81. The molecule has 0 amide bonds. The first-order valence-electron chi connectivity index (χ1n) is 4.44. The fourth-order valence-electron chi connectivity index (χ4n) is 2.07. The van der Waals surface area contributed by atoms with Crippen LogP contribution in [-0.4, -0.2) is 41.0 Å². The highest BCUT2D eigenvalue weighted by atomic mass is 32.2. The van der Waals surface area contributed by atoms with Gasteiger partial charge in [-0.3, -0.25) is 4.99 Å². The fourth-order valence-corrected chi connectivity index (χ4v) is 3.51. The lowest BCUT2D eigenvalue weighted by Crippen LogP contribution is -2.51. The highest BCUT2D eigenvalue weighted by molar-refractivity contribution is 7.99. The molecule has 2 heterocycles. The maximum atomic E-state index is 5.81. The van der Waals surface area contributed by atoms with Crippen molar-refractivity contribution in [2.75, 3.05) is 24.6 Å². The van der Waals surface area contributed by atoms with Crippen molar-refractivity contribution in [1.82, 2.24) is 4.90 Å². The van der Waals surface area contributed by atoms with E-state index in [1.54, 1.807) is 0 Å². The Bertz CT molecular complexity index is 208. The van der Waals surface area contributed by atoms with E-state index >= 15 is 0 Å². The third kappa shape index (κ3) is 1.01. The van der Waals surface area contributed by atoms with E-state index in [9.17, 15) is 0 Å². The first kappa shape index (κ1) is 8.23. The van der Waals surface area contributed by atoms with Crippen LogP contribution in [0.4, 0.5) is 0 Å². The molecule has 0 saturated carbocycles. The lowest BCUT2D eigenvalue weighted by atomic mass is 9.98. The van der Waals surface area contributed by atoms with Crippen molar-refractivity contribution in [1.29, 1.82) is 0 Å². The number of likely N-dealkylation sites (N-methyl/N-ethyl adjacent to an activating group) is 1. The molecule has 3 nitrogen and oxygen atoms in total. The van der Waals surface area contributed by atoms with Gasteiger partial charge in [-0.15, -0.1) is 0 Å². The summed E-state index contributed by atoms with van der Waals surface area (Å²) in [5.41, 5.74) is 6.11. The summed E-state index contributed by atoms with van der Waals surface area (Å²) >= 11 is 2.02. The summed E-state index contributed by atoms with van der Waals surface area (Å²) in [6, 6.07) is 0. The van der Waals surface area contributed by atoms with E-state index in [1.165, 1.54) is 17.9 Å². The Balaban J connectivity index is 2.18. The Kier molecular flexibility index (Phi) is 1.94. The molecule has 0 bridgehead atoms. The lowest BCUT2D eigenvalue weighted by Gasteiger charge is -2.34. The van der Waals surface area contributed by atoms with E-state index in [4.69, 9.17) is 5.73 Å². The minimum Gasteiger partial charge on any atom is -0.370 e. The van der Waals surface area contributed by atoms with Crippen molar-refractivity contribution in [3.8, 4) is 0 Å². The van der Waals surface area contributed by atoms with E-state index in [0.29, 0.717) is 5.54 Å². The standard InChI is InChI=1S/C8H15N3S/c1-2-11-7(9)10-5-8(11)3-4-12-6-8/h2-6H2,1H3,(H2,9,10). The van der Waals surface area contributed by atoms with Gasteiger partial charge in [-0.1, -0.05) is 0 Å². The molecule has 68 valence electrons. The molecule has 1 fully saturated rings. The largest absolute Gasteiger partial charge is 0.370 e. The van der Waals surface area contributed by atoms with Crippen molar-refractivity contribution in [3.05, 3.63) is 0 Å². The van der Waals surface area contributed by atoms with Crippen molar-refractivity contribution in [3.63, 3.8) is 0 Å². The molecule has 0 aromatic carbocycles. The van der Waals surface area contributed by atoms with E-state index in [1.807, 2.05) is 11.8 Å². The second-order valence-corrected chi connectivity index (χ2v) is 4.55.